The molecule has 6 nitrogen and oxygen atoms in total. The second-order valence-electron chi connectivity index (χ2n) is 6.38. The molecule has 0 spiro atoms. The maximum atomic E-state index is 12.0. The molecule has 0 N–H and O–H groups in total. The first-order chi connectivity index (χ1) is 9.87. The summed E-state index contributed by atoms with van der Waals surface area (Å²) in [4.78, 5) is 27.4. The lowest BCUT2D eigenvalue weighted by Crippen LogP contribution is -2.49. The molecular formula is C14H29NO5Si2. The number of Topliss-reactive ketones (excluding diaryl/α,β-unsaturated/α-hetero) is 1. The number of rotatable bonds is 9. The highest BCUT2D eigenvalue weighted by atomic mass is 28.5. The van der Waals surface area contributed by atoms with Gasteiger partial charge in [0.05, 0.1) is 12.5 Å². The van der Waals surface area contributed by atoms with Crippen LogP contribution in [0.4, 0.5) is 0 Å². The van der Waals surface area contributed by atoms with E-state index in [0.717, 1.165) is 0 Å². The minimum absolute atomic E-state index is 0.0836. The number of nitrogens with zero attached hydrogens (tertiary/aromatic N) is 1. The summed E-state index contributed by atoms with van der Waals surface area (Å²) in [6.07, 6.45) is 0.486. The fourth-order valence-electron chi connectivity index (χ4n) is 2.06. The SMILES string of the molecule is CO[Si](C)(C)O[Si](C)(C)OC(=O)CC(C)=NC(C)CC(C)=O. The zero-order valence-corrected chi connectivity index (χ0v) is 17.0. The van der Waals surface area contributed by atoms with Gasteiger partial charge in [-0.15, -0.1) is 0 Å². The van der Waals surface area contributed by atoms with E-state index in [0.29, 0.717) is 12.1 Å². The van der Waals surface area contributed by atoms with Crippen molar-refractivity contribution < 1.29 is 22.6 Å². The lowest BCUT2D eigenvalue weighted by Gasteiger charge is -2.31. The topological polar surface area (TPSA) is 74.2 Å². The summed E-state index contributed by atoms with van der Waals surface area (Å²) in [6.45, 7) is 12.6. The molecule has 22 heavy (non-hydrogen) atoms. The number of hydrogen-bond acceptors (Lipinski definition) is 6. The van der Waals surface area contributed by atoms with E-state index in [1.807, 2.05) is 33.1 Å². The Labute approximate surface area is 135 Å². The van der Waals surface area contributed by atoms with Gasteiger partial charge in [0.25, 0.3) is 5.97 Å². The Kier molecular flexibility index (Phi) is 8.38. The first kappa shape index (κ1) is 21.2. The minimum Gasteiger partial charge on any atom is -0.495 e. The lowest BCUT2D eigenvalue weighted by molar-refractivity contribution is -0.134. The van der Waals surface area contributed by atoms with Gasteiger partial charge in [0.2, 0.25) is 0 Å². The minimum atomic E-state index is -2.58. The highest BCUT2D eigenvalue weighted by molar-refractivity contribution is 6.79. The second kappa shape index (κ2) is 8.71. The zero-order chi connectivity index (χ0) is 17.6. The van der Waals surface area contributed by atoms with Gasteiger partial charge in [0.15, 0.2) is 0 Å². The monoisotopic (exact) mass is 347 g/mol. The van der Waals surface area contributed by atoms with E-state index in [1.165, 1.54) is 6.92 Å². The van der Waals surface area contributed by atoms with Gasteiger partial charge in [-0.3, -0.25) is 14.6 Å². The molecule has 1 unspecified atom stereocenters. The van der Waals surface area contributed by atoms with E-state index < -0.39 is 17.1 Å². The summed E-state index contributed by atoms with van der Waals surface area (Å²) in [7, 11) is -3.22. The van der Waals surface area contributed by atoms with Crippen molar-refractivity contribution in [1.82, 2.24) is 0 Å². The molecule has 0 aliphatic heterocycles. The van der Waals surface area contributed by atoms with Gasteiger partial charge in [-0.25, -0.2) is 0 Å². The third-order valence-corrected chi connectivity index (χ3v) is 8.40. The molecule has 0 rings (SSSR count). The molecule has 128 valence electrons. The molecule has 0 aromatic carbocycles. The Balaban J connectivity index is 4.55. The Morgan fingerprint density at radius 1 is 1.09 bits per heavy atom. The maximum Gasteiger partial charge on any atom is 0.386 e. The maximum absolute atomic E-state index is 12.0. The quantitative estimate of drug-likeness (QED) is 0.473. The van der Waals surface area contributed by atoms with Crippen LogP contribution in [0.1, 0.15) is 33.6 Å². The van der Waals surface area contributed by atoms with Crippen LogP contribution in [-0.4, -0.2) is 47.7 Å². The predicted molar refractivity (Wildman–Crippen MR) is 91.6 cm³/mol. The Morgan fingerprint density at radius 2 is 1.64 bits per heavy atom. The van der Waals surface area contributed by atoms with Crippen molar-refractivity contribution in [1.29, 1.82) is 0 Å². The number of hydrogen-bond donors (Lipinski definition) is 0. The van der Waals surface area contributed by atoms with Crippen LogP contribution >= 0.6 is 0 Å². The highest BCUT2D eigenvalue weighted by Crippen LogP contribution is 2.16. The molecule has 8 heteroatoms. The molecule has 0 aromatic rings. The molecule has 0 aliphatic rings. The highest BCUT2D eigenvalue weighted by Gasteiger charge is 2.38. The summed E-state index contributed by atoms with van der Waals surface area (Å²) in [5.41, 5.74) is 0.659. The third kappa shape index (κ3) is 9.98. The summed E-state index contributed by atoms with van der Waals surface area (Å²) >= 11 is 0. The summed E-state index contributed by atoms with van der Waals surface area (Å²) in [6, 6.07) is -0.119. The number of carbonyl (C=O) groups is 2. The van der Waals surface area contributed by atoms with Gasteiger partial charge in [-0.1, -0.05) is 0 Å². The number of ketones is 1. The van der Waals surface area contributed by atoms with Crippen LogP contribution in [0, 0.1) is 0 Å². The normalized spacial score (nSPS) is 14.6. The van der Waals surface area contributed by atoms with Crippen molar-refractivity contribution in [3.05, 3.63) is 0 Å². The average Bonchev–Trinajstić information content (AvgIpc) is 2.23. The molecular weight excluding hydrogens is 318 g/mol. The smallest absolute Gasteiger partial charge is 0.386 e. The summed E-state index contributed by atoms with van der Waals surface area (Å²) in [5.74, 6) is -0.269. The van der Waals surface area contributed by atoms with Gasteiger partial charge in [0.1, 0.15) is 5.78 Å². The zero-order valence-electron chi connectivity index (χ0n) is 15.0. The molecule has 0 saturated carbocycles. The predicted octanol–water partition coefficient (Wildman–Crippen LogP) is 2.81. The molecule has 0 fully saturated rings. The molecule has 0 amide bonds. The summed E-state index contributed by atoms with van der Waals surface area (Å²) in [5, 5.41) is 0. The van der Waals surface area contributed by atoms with Crippen molar-refractivity contribution in [2.24, 2.45) is 4.99 Å². The Bertz CT molecular complexity index is 435. The molecule has 0 saturated heterocycles. The van der Waals surface area contributed by atoms with Gasteiger partial charge in [-0.2, -0.15) is 0 Å². The molecule has 0 bridgehead atoms. The lowest BCUT2D eigenvalue weighted by atomic mass is 10.2. The van der Waals surface area contributed by atoms with Gasteiger partial charge in [0, 0.05) is 19.2 Å². The van der Waals surface area contributed by atoms with Crippen LogP contribution in [0.3, 0.4) is 0 Å². The van der Waals surface area contributed by atoms with E-state index in [9.17, 15) is 9.59 Å². The first-order valence-electron chi connectivity index (χ1n) is 7.37. The largest absolute Gasteiger partial charge is 0.495 e. The van der Waals surface area contributed by atoms with Crippen molar-refractivity contribution in [2.45, 2.75) is 65.8 Å². The third-order valence-electron chi connectivity index (χ3n) is 2.77. The molecule has 1 atom stereocenters. The Morgan fingerprint density at radius 3 is 2.09 bits per heavy atom. The molecule has 0 radical (unpaired) electrons. The number of aliphatic imine (C=N–C) groups is 1. The molecule has 0 heterocycles. The Hall–Kier alpha value is -0.836. The summed E-state index contributed by atoms with van der Waals surface area (Å²) < 4.78 is 16.7. The fraction of sp³-hybridized carbons (Fsp3) is 0.786. The molecule has 0 aromatic heterocycles. The van der Waals surface area contributed by atoms with Crippen LogP contribution < -0.4 is 0 Å². The van der Waals surface area contributed by atoms with E-state index in [4.69, 9.17) is 13.0 Å². The van der Waals surface area contributed by atoms with E-state index in [2.05, 4.69) is 4.99 Å². The van der Waals surface area contributed by atoms with E-state index in [-0.39, 0.29) is 24.2 Å². The van der Waals surface area contributed by atoms with Crippen molar-refractivity contribution in [2.75, 3.05) is 7.11 Å². The average molecular weight is 348 g/mol. The van der Waals surface area contributed by atoms with Gasteiger partial charge in [-0.05, 0) is 47.0 Å². The van der Waals surface area contributed by atoms with Crippen LogP contribution in [0.2, 0.25) is 26.2 Å². The van der Waals surface area contributed by atoms with Gasteiger partial charge < -0.3 is 13.0 Å². The first-order valence-corrected chi connectivity index (χ1v) is 13.0. The van der Waals surface area contributed by atoms with Crippen LogP contribution in [0.15, 0.2) is 4.99 Å². The standard InChI is InChI=1S/C14H29NO5Si2/c1-11(9-13(3)16)15-12(2)10-14(17)19-22(7,8)20-21(5,6)18-4/h11H,9-10H2,1-8H3. The van der Waals surface area contributed by atoms with Crippen LogP contribution in [-0.2, 0) is 22.6 Å². The van der Waals surface area contributed by atoms with Crippen molar-refractivity contribution in [3.63, 3.8) is 0 Å². The van der Waals surface area contributed by atoms with Crippen LogP contribution in [0.25, 0.3) is 0 Å². The van der Waals surface area contributed by atoms with Gasteiger partial charge >= 0.3 is 17.1 Å². The fourth-order valence-corrected chi connectivity index (χ4v) is 7.91. The van der Waals surface area contributed by atoms with E-state index in [1.54, 1.807) is 14.0 Å². The molecule has 0 aliphatic carbocycles. The second-order valence-corrected chi connectivity index (χ2v) is 13.4. The van der Waals surface area contributed by atoms with E-state index >= 15 is 0 Å². The van der Waals surface area contributed by atoms with Crippen LogP contribution in [0.5, 0.6) is 0 Å². The van der Waals surface area contributed by atoms with Crippen molar-refractivity contribution in [3.8, 4) is 0 Å². The number of carbonyl (C=O) groups excluding carboxylic acids is 2. The van der Waals surface area contributed by atoms with Crippen molar-refractivity contribution >= 4 is 34.6 Å².